The first kappa shape index (κ1) is 54.7. The number of allylic oxidation sites excluding steroid dienone is 6. The zero-order valence-corrected chi connectivity index (χ0v) is 39.7. The number of ketones is 2. The van der Waals surface area contributed by atoms with Gasteiger partial charge in [0.2, 0.25) is 0 Å². The molecule has 8 N–H and O–H groups in total. The van der Waals surface area contributed by atoms with E-state index in [0.29, 0.717) is 44.8 Å². The van der Waals surface area contributed by atoms with E-state index < -0.39 is 0 Å². The molecule has 0 amide bonds. The van der Waals surface area contributed by atoms with E-state index in [9.17, 15) is 39.3 Å². The van der Waals surface area contributed by atoms with Crippen LogP contribution in [-0.2, 0) is 9.59 Å². The molecule has 352 valence electrons. The van der Waals surface area contributed by atoms with Crippen molar-refractivity contribution >= 4 is 44.3 Å². The summed E-state index contributed by atoms with van der Waals surface area (Å²) in [6.45, 7) is 20.1. The fourth-order valence-corrected chi connectivity index (χ4v) is 5.63. The quantitative estimate of drug-likeness (QED) is 0.0429. The number of rotatable bonds is 12. The molecule has 0 aliphatic carbocycles. The van der Waals surface area contributed by atoms with Crippen molar-refractivity contribution in [2.45, 2.75) is 94.2 Å². The third-order valence-electron chi connectivity index (χ3n) is 8.90. The Morgan fingerprint density at radius 2 is 0.773 bits per heavy atom. The van der Waals surface area contributed by atoms with E-state index in [1.54, 1.807) is 84.9 Å². The monoisotopic (exact) mass is 901 g/mol. The van der Waals surface area contributed by atoms with Crippen molar-refractivity contribution in [2.75, 3.05) is 0 Å². The summed E-state index contributed by atoms with van der Waals surface area (Å²) in [5.41, 5.74) is 2.92. The molecule has 13 nitrogen and oxygen atoms in total. The minimum Gasteiger partial charge on any atom is -0.507 e. The maximum absolute atomic E-state index is 11.5. The van der Waals surface area contributed by atoms with E-state index in [-0.39, 0.29) is 57.3 Å². The smallest absolute Gasteiger partial charge is 0.252 e. The lowest BCUT2D eigenvalue weighted by Crippen LogP contribution is -2.22. The Balaban J connectivity index is 0.000000284. The SMILES string of the molecule is CC/C=C/C(=C/C(=O)C(C)C)NC(C)C.CC/C=C\C(=C\C(=O)C(C)C)NC(C)C.O=c1cc(O)c2ccccc2[nH]1.O=c1cc(O)c2ccccc2[nH]1.O=c1cc(O)c2ccccc2[nH]1. The highest BCUT2D eigenvalue weighted by atomic mass is 16.3. The number of para-hydroxylation sites is 3. The van der Waals surface area contributed by atoms with E-state index >= 15 is 0 Å². The summed E-state index contributed by atoms with van der Waals surface area (Å²) < 4.78 is 0. The summed E-state index contributed by atoms with van der Waals surface area (Å²) in [6, 6.07) is 25.5. The van der Waals surface area contributed by atoms with Crippen LogP contribution in [0.5, 0.6) is 17.2 Å². The lowest BCUT2D eigenvalue weighted by Gasteiger charge is -2.11. The lowest BCUT2D eigenvalue weighted by atomic mass is 10.1. The van der Waals surface area contributed by atoms with E-state index in [0.717, 1.165) is 24.2 Å². The second kappa shape index (κ2) is 28.4. The Hall–Kier alpha value is -7.41. The van der Waals surface area contributed by atoms with Gasteiger partial charge in [-0.1, -0.05) is 90.1 Å². The van der Waals surface area contributed by atoms with E-state index in [1.807, 2.05) is 39.8 Å². The van der Waals surface area contributed by atoms with Crippen LogP contribution < -0.4 is 27.3 Å². The van der Waals surface area contributed by atoms with Gasteiger partial charge >= 0.3 is 0 Å². The average Bonchev–Trinajstić information content (AvgIpc) is 3.25. The molecule has 0 spiro atoms. The molecular formula is C53H67N5O8. The van der Waals surface area contributed by atoms with Gasteiger partial charge in [0, 0.05) is 81.8 Å². The summed E-state index contributed by atoms with van der Waals surface area (Å²) in [5.74, 6) is 0.517. The number of aromatic nitrogens is 3. The minimum absolute atomic E-state index is 0.0225. The Morgan fingerprint density at radius 3 is 1.02 bits per heavy atom. The van der Waals surface area contributed by atoms with Gasteiger partial charge in [-0.15, -0.1) is 0 Å². The molecule has 0 saturated carbocycles. The molecule has 0 saturated heterocycles. The maximum atomic E-state index is 11.5. The highest BCUT2D eigenvalue weighted by Gasteiger charge is 2.07. The van der Waals surface area contributed by atoms with Crippen LogP contribution in [0.25, 0.3) is 32.7 Å². The molecule has 3 heterocycles. The van der Waals surface area contributed by atoms with Gasteiger partial charge in [-0.05, 0) is 89.1 Å². The predicted octanol–water partition coefficient (Wildman–Crippen LogP) is 9.82. The van der Waals surface area contributed by atoms with Crippen molar-refractivity contribution in [3.05, 3.63) is 170 Å². The molecule has 6 rings (SSSR count). The first-order chi connectivity index (χ1) is 31.2. The van der Waals surface area contributed by atoms with Crippen LogP contribution in [0.1, 0.15) is 82.1 Å². The average molecular weight is 902 g/mol. The molecule has 0 unspecified atom stereocenters. The van der Waals surface area contributed by atoms with Gasteiger partial charge in [0.1, 0.15) is 17.2 Å². The van der Waals surface area contributed by atoms with Gasteiger partial charge in [0.25, 0.3) is 16.7 Å². The number of aromatic hydroxyl groups is 3. The van der Waals surface area contributed by atoms with Crippen molar-refractivity contribution in [1.29, 1.82) is 0 Å². The highest BCUT2D eigenvalue weighted by molar-refractivity contribution is 5.92. The van der Waals surface area contributed by atoms with Gasteiger partial charge in [-0.3, -0.25) is 24.0 Å². The zero-order chi connectivity index (χ0) is 49.3. The minimum atomic E-state index is -0.286. The molecule has 0 aliphatic rings. The Labute approximate surface area is 386 Å². The summed E-state index contributed by atoms with van der Waals surface area (Å²) in [4.78, 5) is 63.6. The van der Waals surface area contributed by atoms with Crippen LogP contribution >= 0.6 is 0 Å². The molecule has 66 heavy (non-hydrogen) atoms. The van der Waals surface area contributed by atoms with Gasteiger partial charge in [0.15, 0.2) is 11.6 Å². The van der Waals surface area contributed by atoms with Gasteiger partial charge < -0.3 is 40.9 Å². The summed E-state index contributed by atoms with van der Waals surface area (Å²) in [6.07, 6.45) is 13.4. The molecule has 13 heteroatoms. The lowest BCUT2D eigenvalue weighted by molar-refractivity contribution is -0.118. The maximum Gasteiger partial charge on any atom is 0.252 e. The second-order valence-corrected chi connectivity index (χ2v) is 16.2. The van der Waals surface area contributed by atoms with Crippen molar-refractivity contribution in [3.8, 4) is 17.2 Å². The van der Waals surface area contributed by atoms with Crippen LogP contribution in [0.3, 0.4) is 0 Å². The van der Waals surface area contributed by atoms with Crippen LogP contribution in [-0.4, -0.2) is 53.9 Å². The van der Waals surface area contributed by atoms with Gasteiger partial charge in [-0.25, -0.2) is 0 Å². The number of hydrogen-bond acceptors (Lipinski definition) is 10. The number of hydrogen-bond donors (Lipinski definition) is 8. The molecule has 0 radical (unpaired) electrons. The zero-order valence-electron chi connectivity index (χ0n) is 39.7. The van der Waals surface area contributed by atoms with Gasteiger partial charge in [0.05, 0.1) is 16.6 Å². The van der Waals surface area contributed by atoms with E-state index in [4.69, 9.17) is 0 Å². The van der Waals surface area contributed by atoms with Crippen LogP contribution in [0.4, 0.5) is 0 Å². The topological polar surface area (TPSA) is 217 Å². The number of pyridine rings is 3. The number of fused-ring (bicyclic) bond motifs is 3. The molecule has 0 bridgehead atoms. The van der Waals surface area contributed by atoms with E-state index in [2.05, 4.69) is 79.3 Å². The number of H-pyrrole nitrogens is 3. The van der Waals surface area contributed by atoms with Crippen molar-refractivity contribution in [3.63, 3.8) is 0 Å². The Morgan fingerprint density at radius 1 is 0.500 bits per heavy atom. The summed E-state index contributed by atoms with van der Waals surface area (Å²) in [7, 11) is 0. The molecule has 6 aromatic rings. The normalized spacial score (nSPS) is 11.5. The molecule has 3 aromatic heterocycles. The number of carbonyl (C=O) groups excluding carboxylic acids is 2. The molecule has 0 fully saturated rings. The number of carbonyl (C=O) groups is 2. The van der Waals surface area contributed by atoms with Crippen LogP contribution in [0.15, 0.2) is 153 Å². The number of nitrogens with one attached hydrogen (secondary N) is 5. The van der Waals surface area contributed by atoms with Crippen molar-refractivity contribution < 1.29 is 24.9 Å². The molecule has 0 atom stereocenters. The fraction of sp³-hybridized carbons (Fsp3) is 0.302. The first-order valence-corrected chi connectivity index (χ1v) is 22.1. The van der Waals surface area contributed by atoms with Crippen molar-refractivity contribution in [1.82, 2.24) is 25.6 Å². The Kier molecular flexibility index (Phi) is 23.5. The molecular weight excluding hydrogens is 835 g/mol. The number of aromatic amines is 3. The van der Waals surface area contributed by atoms with E-state index in [1.165, 1.54) is 18.2 Å². The van der Waals surface area contributed by atoms with Crippen LogP contribution in [0.2, 0.25) is 0 Å². The second-order valence-electron chi connectivity index (χ2n) is 16.2. The van der Waals surface area contributed by atoms with Crippen LogP contribution in [0, 0.1) is 11.8 Å². The van der Waals surface area contributed by atoms with Gasteiger partial charge in [-0.2, -0.15) is 0 Å². The largest absolute Gasteiger partial charge is 0.507 e. The third-order valence-corrected chi connectivity index (χ3v) is 8.90. The molecule has 3 aromatic carbocycles. The number of benzene rings is 3. The molecule has 0 aliphatic heterocycles. The Bertz CT molecular complexity index is 2520. The highest BCUT2D eigenvalue weighted by Crippen LogP contribution is 2.21. The standard InChI is InChI=1S/2C13H23NO.3C9H7NO2/c2*1-6-7-8-12(14-11(4)5)9-13(15)10(2)3;3*11-8-5-9(12)10-7-4-2-1-3-6(7)8/h2*7-11,14H,6H2,1-5H3;3*1-5H,(H2,10,11,12)/b8-7+,12-9-;8-7-,12-9-;;;. The predicted molar refractivity (Wildman–Crippen MR) is 270 cm³/mol. The first-order valence-electron chi connectivity index (χ1n) is 22.1. The fourth-order valence-electron chi connectivity index (χ4n) is 5.63. The summed E-state index contributed by atoms with van der Waals surface area (Å²) >= 11 is 0. The van der Waals surface area contributed by atoms with Crippen molar-refractivity contribution in [2.24, 2.45) is 11.8 Å². The third kappa shape index (κ3) is 20.0. The summed E-state index contributed by atoms with van der Waals surface area (Å²) in [5, 5.41) is 36.5.